The van der Waals surface area contributed by atoms with Crippen molar-refractivity contribution >= 4 is 7.12 Å². The highest BCUT2D eigenvalue weighted by molar-refractivity contribution is 6.43. The summed E-state index contributed by atoms with van der Waals surface area (Å²) in [5.41, 5.74) is 0. The van der Waals surface area contributed by atoms with Crippen molar-refractivity contribution in [2.75, 3.05) is 0 Å². The van der Waals surface area contributed by atoms with Crippen LogP contribution in [0.4, 0.5) is 0 Å². The van der Waals surface area contributed by atoms with Gasteiger partial charge in [-0.25, -0.2) is 0 Å². The fourth-order valence-corrected chi connectivity index (χ4v) is 1.90. The maximum Gasteiger partial charge on any atom is 0.454 e. The molecule has 2 rings (SSSR count). The zero-order valence-electron chi connectivity index (χ0n) is 6.03. The third-order valence-corrected chi connectivity index (χ3v) is 2.92. The second-order valence-corrected chi connectivity index (χ2v) is 3.74. The highest BCUT2D eigenvalue weighted by Gasteiger charge is 2.44. The van der Waals surface area contributed by atoms with Gasteiger partial charge in [0.2, 0.25) is 0 Å². The molecule has 0 amide bonds. The van der Waals surface area contributed by atoms with E-state index in [0.29, 0.717) is 0 Å². The highest BCUT2D eigenvalue weighted by Crippen LogP contribution is 2.52. The Labute approximate surface area is 61.4 Å². The molecule has 2 aliphatic carbocycles. The first-order valence-corrected chi connectivity index (χ1v) is 4.13. The Hall–Kier alpha value is -0.0151. The maximum absolute atomic E-state index is 8.75. The summed E-state index contributed by atoms with van der Waals surface area (Å²) in [4.78, 5) is 0. The zero-order chi connectivity index (χ0) is 7.14. The summed E-state index contributed by atoms with van der Waals surface area (Å²) in [5.74, 6) is 1.99. The normalized spacial score (nSPS) is 39.0. The largest absolute Gasteiger partial charge is 0.454 e. The van der Waals surface area contributed by atoms with Gasteiger partial charge in [-0.15, -0.1) is 0 Å². The molecule has 2 aliphatic rings. The molecule has 56 valence electrons. The van der Waals surface area contributed by atoms with Gasteiger partial charge in [0.05, 0.1) is 0 Å². The molecular weight excluding hydrogens is 127 g/mol. The highest BCUT2D eigenvalue weighted by atomic mass is 16.4. The van der Waals surface area contributed by atoms with Crippen molar-refractivity contribution in [3.63, 3.8) is 0 Å². The van der Waals surface area contributed by atoms with Crippen molar-refractivity contribution in [2.45, 2.75) is 31.5 Å². The smallest absolute Gasteiger partial charge is 0.427 e. The molecule has 0 aromatic carbocycles. The van der Waals surface area contributed by atoms with E-state index in [0.717, 1.165) is 24.7 Å². The molecule has 0 saturated heterocycles. The Morgan fingerprint density at radius 1 is 1.00 bits per heavy atom. The lowest BCUT2D eigenvalue weighted by Crippen LogP contribution is -2.32. The van der Waals surface area contributed by atoms with Crippen molar-refractivity contribution in [1.29, 1.82) is 0 Å². The van der Waals surface area contributed by atoms with Crippen molar-refractivity contribution in [3.8, 4) is 0 Å². The van der Waals surface area contributed by atoms with Crippen LogP contribution in [0.2, 0.25) is 5.82 Å². The Morgan fingerprint density at radius 3 is 2.00 bits per heavy atom. The minimum Gasteiger partial charge on any atom is -0.427 e. The lowest BCUT2D eigenvalue weighted by Gasteiger charge is -2.34. The van der Waals surface area contributed by atoms with Gasteiger partial charge in [-0.2, -0.15) is 0 Å². The average molecular weight is 140 g/mol. The molecular formula is C7H13BO2. The minimum atomic E-state index is -1.05. The summed E-state index contributed by atoms with van der Waals surface area (Å²) in [6.45, 7) is 0. The summed E-state index contributed by atoms with van der Waals surface area (Å²) >= 11 is 0. The molecule has 0 bridgehead atoms. The summed E-state index contributed by atoms with van der Waals surface area (Å²) < 4.78 is 0. The molecule has 0 aromatic heterocycles. The predicted molar refractivity (Wildman–Crippen MR) is 39.4 cm³/mol. The molecule has 0 atom stereocenters. The molecule has 0 radical (unpaired) electrons. The predicted octanol–water partition coefficient (Wildman–Crippen LogP) is 0.649. The van der Waals surface area contributed by atoms with Crippen molar-refractivity contribution < 1.29 is 10.0 Å². The fraction of sp³-hybridized carbons (Fsp3) is 1.00. The van der Waals surface area contributed by atoms with Crippen molar-refractivity contribution in [2.24, 2.45) is 11.8 Å². The van der Waals surface area contributed by atoms with Gasteiger partial charge in [-0.1, -0.05) is 0 Å². The van der Waals surface area contributed by atoms with Crippen LogP contribution in [0.25, 0.3) is 0 Å². The molecule has 0 unspecified atom stereocenters. The van der Waals surface area contributed by atoms with Crippen molar-refractivity contribution in [1.82, 2.24) is 0 Å². The number of hydrogen-bond donors (Lipinski definition) is 2. The van der Waals surface area contributed by atoms with Crippen LogP contribution in [0, 0.1) is 11.8 Å². The summed E-state index contributed by atoms with van der Waals surface area (Å²) in [6, 6.07) is 0. The van der Waals surface area contributed by atoms with E-state index in [1.807, 2.05) is 0 Å². The Morgan fingerprint density at radius 2 is 1.60 bits per heavy atom. The first-order valence-electron chi connectivity index (χ1n) is 4.13. The lowest BCUT2D eigenvalue weighted by molar-refractivity contribution is 0.232. The van der Waals surface area contributed by atoms with Crippen LogP contribution in [0.5, 0.6) is 0 Å². The van der Waals surface area contributed by atoms with Gasteiger partial charge in [-0.05, 0) is 43.3 Å². The van der Waals surface area contributed by atoms with E-state index in [1.54, 1.807) is 0 Å². The standard InChI is InChI=1S/C7H13BO2/c9-8(10)7-3-6(4-7)5-1-2-5/h5-7,9-10H,1-4H2. The van der Waals surface area contributed by atoms with E-state index in [-0.39, 0.29) is 5.82 Å². The molecule has 0 aliphatic heterocycles. The Kier molecular flexibility index (Phi) is 1.50. The molecule has 2 N–H and O–H groups in total. The quantitative estimate of drug-likeness (QED) is 0.552. The molecule has 10 heavy (non-hydrogen) atoms. The van der Waals surface area contributed by atoms with Crippen LogP contribution in [0.3, 0.4) is 0 Å². The van der Waals surface area contributed by atoms with Crippen LogP contribution >= 0.6 is 0 Å². The van der Waals surface area contributed by atoms with E-state index < -0.39 is 7.12 Å². The van der Waals surface area contributed by atoms with Gasteiger partial charge in [0.25, 0.3) is 0 Å². The van der Waals surface area contributed by atoms with E-state index in [9.17, 15) is 0 Å². The van der Waals surface area contributed by atoms with Crippen molar-refractivity contribution in [3.05, 3.63) is 0 Å². The SMILES string of the molecule is OB(O)C1CC(C2CC2)C1. The summed E-state index contributed by atoms with van der Waals surface area (Å²) in [6.07, 6.45) is 4.89. The van der Waals surface area contributed by atoms with E-state index in [1.165, 1.54) is 12.8 Å². The van der Waals surface area contributed by atoms with Gasteiger partial charge in [0.15, 0.2) is 0 Å². The molecule has 0 aromatic rings. The topological polar surface area (TPSA) is 40.5 Å². The first kappa shape index (κ1) is 6.68. The summed E-state index contributed by atoms with van der Waals surface area (Å²) in [7, 11) is -1.05. The van der Waals surface area contributed by atoms with Gasteiger partial charge in [0, 0.05) is 0 Å². The third kappa shape index (κ3) is 1.08. The first-order chi connectivity index (χ1) is 4.77. The second kappa shape index (κ2) is 2.24. The van der Waals surface area contributed by atoms with Gasteiger partial charge in [0.1, 0.15) is 0 Å². The number of hydrogen-bond acceptors (Lipinski definition) is 2. The van der Waals surface area contributed by atoms with Gasteiger partial charge >= 0.3 is 7.12 Å². The van der Waals surface area contributed by atoms with E-state index in [2.05, 4.69) is 0 Å². The maximum atomic E-state index is 8.75. The monoisotopic (exact) mass is 140 g/mol. The molecule has 2 fully saturated rings. The van der Waals surface area contributed by atoms with E-state index >= 15 is 0 Å². The average Bonchev–Trinajstić information content (AvgIpc) is 2.42. The molecule has 2 saturated carbocycles. The second-order valence-electron chi connectivity index (χ2n) is 3.74. The fourth-order valence-electron chi connectivity index (χ4n) is 1.90. The van der Waals surface area contributed by atoms with Crippen LogP contribution in [0.15, 0.2) is 0 Å². The number of rotatable bonds is 2. The molecule has 2 nitrogen and oxygen atoms in total. The third-order valence-electron chi connectivity index (χ3n) is 2.92. The van der Waals surface area contributed by atoms with Crippen LogP contribution < -0.4 is 0 Å². The molecule has 0 spiro atoms. The van der Waals surface area contributed by atoms with Crippen LogP contribution in [-0.2, 0) is 0 Å². The van der Waals surface area contributed by atoms with E-state index in [4.69, 9.17) is 10.0 Å². The molecule has 0 heterocycles. The molecule has 3 heteroatoms. The lowest BCUT2D eigenvalue weighted by atomic mass is 9.55. The van der Waals surface area contributed by atoms with Crippen LogP contribution in [0.1, 0.15) is 25.7 Å². The zero-order valence-corrected chi connectivity index (χ0v) is 6.03. The van der Waals surface area contributed by atoms with Gasteiger partial charge in [-0.3, -0.25) is 0 Å². The summed E-state index contributed by atoms with van der Waals surface area (Å²) in [5, 5.41) is 17.5. The minimum absolute atomic E-state index is 0.200. The van der Waals surface area contributed by atoms with Crippen LogP contribution in [-0.4, -0.2) is 17.2 Å². The Bertz CT molecular complexity index is 122. The van der Waals surface area contributed by atoms with Gasteiger partial charge < -0.3 is 10.0 Å². The Balaban J connectivity index is 1.72.